The number of piperazine rings is 1. The van der Waals surface area contributed by atoms with Crippen molar-refractivity contribution in [3.05, 3.63) is 84.7 Å². The van der Waals surface area contributed by atoms with Gasteiger partial charge in [0.05, 0.1) is 6.20 Å². The molecule has 0 bridgehead atoms. The van der Waals surface area contributed by atoms with E-state index < -0.39 is 0 Å². The molecule has 1 fully saturated rings. The van der Waals surface area contributed by atoms with E-state index in [0.29, 0.717) is 22.8 Å². The molecule has 11 nitrogen and oxygen atoms in total. The third-order valence-electron chi connectivity index (χ3n) is 6.21. The average Bonchev–Trinajstić information content (AvgIpc) is 3.54. The van der Waals surface area contributed by atoms with E-state index in [9.17, 15) is 4.79 Å². The molecule has 0 atom stereocenters. The zero-order valence-electron chi connectivity index (χ0n) is 19.7. The van der Waals surface area contributed by atoms with Crippen molar-refractivity contribution in [3.8, 4) is 5.82 Å². The van der Waals surface area contributed by atoms with Gasteiger partial charge in [-0.25, -0.2) is 14.5 Å². The smallest absolute Gasteiger partial charge is 0.262 e. The number of anilines is 3. The van der Waals surface area contributed by atoms with Crippen LogP contribution in [0.5, 0.6) is 0 Å². The number of rotatable bonds is 5. The molecule has 6 rings (SSSR count). The number of hydrogen-bond donors (Lipinski definition) is 1. The van der Waals surface area contributed by atoms with Gasteiger partial charge in [-0.05, 0) is 36.8 Å². The van der Waals surface area contributed by atoms with Crippen molar-refractivity contribution in [2.75, 3.05) is 41.3 Å². The van der Waals surface area contributed by atoms with Crippen LogP contribution in [0.4, 0.5) is 17.3 Å². The summed E-state index contributed by atoms with van der Waals surface area (Å²) in [5.41, 5.74) is 3.07. The molecule has 0 aromatic carbocycles. The fraction of sp³-hybridized carbons (Fsp3) is 0.200. The van der Waals surface area contributed by atoms with Crippen molar-refractivity contribution in [2.45, 2.75) is 6.92 Å². The molecule has 6 heterocycles. The number of fused-ring (bicyclic) bond motifs is 1. The number of carbonyl (C=O) groups excluding carboxylic acids is 1. The molecule has 0 radical (unpaired) electrons. The van der Waals surface area contributed by atoms with Crippen LogP contribution in [0.2, 0.25) is 0 Å². The van der Waals surface area contributed by atoms with Gasteiger partial charge in [-0.15, -0.1) is 5.10 Å². The van der Waals surface area contributed by atoms with Crippen molar-refractivity contribution in [1.82, 2.24) is 34.3 Å². The molecule has 1 saturated heterocycles. The molecule has 1 aliphatic heterocycles. The van der Waals surface area contributed by atoms with Gasteiger partial charge in [0.1, 0.15) is 11.4 Å². The lowest BCUT2D eigenvalue weighted by molar-refractivity contribution is 0.102. The minimum Gasteiger partial charge on any atom is -0.368 e. The normalized spacial score (nSPS) is 13.8. The van der Waals surface area contributed by atoms with Crippen LogP contribution in [0.25, 0.3) is 11.5 Å². The topological polar surface area (TPSA) is 109 Å². The fourth-order valence-corrected chi connectivity index (χ4v) is 4.29. The highest BCUT2D eigenvalue weighted by molar-refractivity contribution is 6.08. The predicted octanol–water partition coefficient (Wildman–Crippen LogP) is 2.59. The molecular weight excluding hydrogens is 456 g/mol. The molecule has 5 aromatic heterocycles. The second-order valence-corrected chi connectivity index (χ2v) is 8.57. The summed E-state index contributed by atoms with van der Waals surface area (Å²) in [7, 11) is 0. The van der Waals surface area contributed by atoms with Crippen molar-refractivity contribution in [2.24, 2.45) is 0 Å². The first kappa shape index (κ1) is 21.7. The van der Waals surface area contributed by atoms with E-state index in [1.54, 1.807) is 33.9 Å². The third kappa shape index (κ3) is 4.11. The monoisotopic (exact) mass is 480 g/mol. The van der Waals surface area contributed by atoms with Crippen LogP contribution in [0.15, 0.2) is 73.6 Å². The van der Waals surface area contributed by atoms with E-state index in [2.05, 4.69) is 35.2 Å². The largest absolute Gasteiger partial charge is 0.368 e. The van der Waals surface area contributed by atoms with Crippen molar-refractivity contribution >= 4 is 28.9 Å². The molecule has 0 unspecified atom stereocenters. The lowest BCUT2D eigenvalue weighted by Crippen LogP contribution is -2.46. The average molecular weight is 481 g/mol. The SMILES string of the molecule is Cc1ccc(-n2nc(N3CCN(c4ccncc4)CC3)cc2NC(=O)c2cnn3cccnc23)nc1. The molecular formula is C25H24N10O. The Kier molecular flexibility index (Phi) is 5.49. The van der Waals surface area contributed by atoms with Gasteiger partial charge in [0.25, 0.3) is 5.91 Å². The van der Waals surface area contributed by atoms with Crippen LogP contribution >= 0.6 is 0 Å². The molecule has 180 valence electrons. The van der Waals surface area contributed by atoms with E-state index in [0.717, 1.165) is 43.2 Å². The molecule has 0 saturated carbocycles. The Morgan fingerprint density at radius 3 is 2.50 bits per heavy atom. The number of amides is 1. The Morgan fingerprint density at radius 1 is 0.917 bits per heavy atom. The summed E-state index contributed by atoms with van der Waals surface area (Å²) >= 11 is 0. The van der Waals surface area contributed by atoms with Crippen LogP contribution < -0.4 is 15.1 Å². The van der Waals surface area contributed by atoms with Crippen LogP contribution in [-0.4, -0.2) is 66.4 Å². The van der Waals surface area contributed by atoms with Gasteiger partial charge < -0.3 is 15.1 Å². The van der Waals surface area contributed by atoms with E-state index in [1.807, 2.05) is 49.6 Å². The lowest BCUT2D eigenvalue weighted by atomic mass is 10.2. The number of nitrogens with one attached hydrogen (secondary N) is 1. The third-order valence-corrected chi connectivity index (χ3v) is 6.21. The Labute approximate surface area is 207 Å². The standard InChI is InChI=1S/C25H24N10O/c1-18-3-4-21(28-16-18)35-22(30-25(36)20-17-29-34-10-2-7-27-24(20)34)15-23(31-35)33-13-11-32(12-14-33)19-5-8-26-9-6-19/h2-10,15-17H,11-14H2,1H3,(H,30,36). The maximum atomic E-state index is 13.2. The predicted molar refractivity (Wildman–Crippen MR) is 136 cm³/mol. The van der Waals surface area contributed by atoms with Gasteiger partial charge in [-0.1, -0.05) is 6.07 Å². The Morgan fingerprint density at radius 2 is 1.72 bits per heavy atom. The van der Waals surface area contributed by atoms with E-state index in [4.69, 9.17) is 5.10 Å². The summed E-state index contributed by atoms with van der Waals surface area (Å²) in [6, 6.07) is 11.6. The summed E-state index contributed by atoms with van der Waals surface area (Å²) in [6.07, 6.45) is 10.3. The highest BCUT2D eigenvalue weighted by atomic mass is 16.1. The minimum atomic E-state index is -0.314. The first-order chi connectivity index (χ1) is 17.7. The number of hydrogen-bond acceptors (Lipinski definition) is 8. The van der Waals surface area contributed by atoms with E-state index >= 15 is 0 Å². The zero-order chi connectivity index (χ0) is 24.5. The first-order valence-corrected chi connectivity index (χ1v) is 11.7. The maximum Gasteiger partial charge on any atom is 0.262 e. The summed E-state index contributed by atoms with van der Waals surface area (Å²) in [5, 5.41) is 12.0. The Balaban J connectivity index is 1.28. The van der Waals surface area contributed by atoms with Gasteiger partial charge in [0.2, 0.25) is 0 Å². The number of nitrogens with zero attached hydrogens (tertiary/aromatic N) is 9. The van der Waals surface area contributed by atoms with Crippen LogP contribution in [0.1, 0.15) is 15.9 Å². The fourth-order valence-electron chi connectivity index (χ4n) is 4.29. The summed E-state index contributed by atoms with van der Waals surface area (Å²) in [5.74, 6) is 1.61. The number of pyridine rings is 2. The second kappa shape index (κ2) is 9.10. The molecule has 0 aliphatic carbocycles. The Bertz CT molecular complexity index is 1500. The highest BCUT2D eigenvalue weighted by Crippen LogP contribution is 2.25. The van der Waals surface area contributed by atoms with Gasteiger partial charge in [-0.3, -0.25) is 9.78 Å². The van der Waals surface area contributed by atoms with Crippen molar-refractivity contribution in [3.63, 3.8) is 0 Å². The first-order valence-electron chi connectivity index (χ1n) is 11.7. The van der Waals surface area contributed by atoms with Crippen LogP contribution in [-0.2, 0) is 0 Å². The molecule has 5 aromatic rings. The highest BCUT2D eigenvalue weighted by Gasteiger charge is 2.23. The summed E-state index contributed by atoms with van der Waals surface area (Å²) < 4.78 is 3.24. The van der Waals surface area contributed by atoms with Crippen molar-refractivity contribution < 1.29 is 4.79 Å². The quantitative estimate of drug-likeness (QED) is 0.409. The van der Waals surface area contributed by atoms with Crippen LogP contribution in [0.3, 0.4) is 0 Å². The molecule has 0 spiro atoms. The van der Waals surface area contributed by atoms with E-state index in [-0.39, 0.29) is 5.91 Å². The van der Waals surface area contributed by atoms with Gasteiger partial charge in [0.15, 0.2) is 17.3 Å². The van der Waals surface area contributed by atoms with Gasteiger partial charge in [-0.2, -0.15) is 9.78 Å². The molecule has 1 aliphatic rings. The summed E-state index contributed by atoms with van der Waals surface area (Å²) in [4.78, 5) is 30.7. The zero-order valence-corrected chi connectivity index (χ0v) is 19.7. The maximum absolute atomic E-state index is 13.2. The number of aromatic nitrogens is 7. The van der Waals surface area contributed by atoms with Crippen molar-refractivity contribution in [1.29, 1.82) is 0 Å². The van der Waals surface area contributed by atoms with Crippen LogP contribution in [0, 0.1) is 6.92 Å². The lowest BCUT2D eigenvalue weighted by Gasteiger charge is -2.36. The second-order valence-electron chi connectivity index (χ2n) is 8.57. The summed E-state index contributed by atoms with van der Waals surface area (Å²) in [6.45, 7) is 5.29. The molecule has 1 N–H and O–H groups in total. The van der Waals surface area contributed by atoms with E-state index in [1.165, 1.54) is 6.20 Å². The number of carbonyl (C=O) groups is 1. The number of aryl methyl sites for hydroxylation is 1. The van der Waals surface area contributed by atoms with Gasteiger partial charge in [0, 0.05) is 68.9 Å². The molecule has 1 amide bonds. The van der Waals surface area contributed by atoms with Gasteiger partial charge >= 0.3 is 0 Å². The Hall–Kier alpha value is -4.80. The molecule has 36 heavy (non-hydrogen) atoms. The molecule has 11 heteroatoms. The minimum absolute atomic E-state index is 0.314.